The molecule has 1 aliphatic heterocycles. The van der Waals surface area contributed by atoms with Crippen molar-refractivity contribution >= 4 is 34.6 Å². The molecule has 1 fully saturated rings. The normalized spacial score (nSPS) is 21.3. The Morgan fingerprint density at radius 2 is 1.72 bits per heavy atom. The lowest BCUT2D eigenvalue weighted by molar-refractivity contribution is 0.00578. The molecule has 0 aromatic heterocycles. The summed E-state index contributed by atoms with van der Waals surface area (Å²) in [6, 6.07) is 5.89. The third-order valence-electron chi connectivity index (χ3n) is 3.69. The lowest BCUT2D eigenvalue weighted by Crippen LogP contribution is -2.41. The van der Waals surface area contributed by atoms with Gasteiger partial charge in [-0.1, -0.05) is 17.7 Å². The van der Waals surface area contributed by atoms with Crippen LogP contribution in [-0.4, -0.2) is 18.3 Å². The van der Waals surface area contributed by atoms with Crippen molar-refractivity contribution in [2.45, 2.75) is 45.2 Å². The van der Waals surface area contributed by atoms with Crippen LogP contribution >= 0.6 is 27.5 Å². The lowest BCUT2D eigenvalue weighted by Gasteiger charge is -2.32. The van der Waals surface area contributed by atoms with Crippen LogP contribution in [0.4, 0.5) is 0 Å². The molecule has 0 atom stereocenters. The summed E-state index contributed by atoms with van der Waals surface area (Å²) in [5, 5.41) is 0.715. The standard InChI is InChI=1S/C13H17BBrClO2/c1-12(2)13(3,4)18-14(17-12)8-9-5-6-11(16)10(15)7-9/h5-7H,8H2,1-4H3. The number of rotatable bonds is 2. The predicted molar refractivity (Wildman–Crippen MR) is 78.9 cm³/mol. The molecule has 0 saturated carbocycles. The van der Waals surface area contributed by atoms with Gasteiger partial charge in [0.25, 0.3) is 0 Å². The second-order valence-electron chi connectivity index (χ2n) is 5.64. The second kappa shape index (κ2) is 4.82. The highest BCUT2D eigenvalue weighted by molar-refractivity contribution is 9.10. The molecule has 0 amide bonds. The van der Waals surface area contributed by atoms with Gasteiger partial charge < -0.3 is 9.31 Å². The molecule has 0 aliphatic carbocycles. The van der Waals surface area contributed by atoms with E-state index in [2.05, 4.69) is 43.6 Å². The molecule has 98 valence electrons. The van der Waals surface area contributed by atoms with Crippen molar-refractivity contribution < 1.29 is 9.31 Å². The van der Waals surface area contributed by atoms with E-state index in [1.807, 2.05) is 18.2 Å². The van der Waals surface area contributed by atoms with Crippen LogP contribution in [0.2, 0.25) is 5.02 Å². The Kier molecular flexibility index (Phi) is 3.85. The minimum atomic E-state index is -0.276. The fraction of sp³-hybridized carbons (Fsp3) is 0.538. The predicted octanol–water partition coefficient (Wildman–Crippen LogP) is 4.28. The molecule has 1 aromatic rings. The summed E-state index contributed by atoms with van der Waals surface area (Å²) in [5.41, 5.74) is 0.590. The molecule has 2 nitrogen and oxygen atoms in total. The molecule has 0 radical (unpaired) electrons. The van der Waals surface area contributed by atoms with Crippen LogP contribution in [0.3, 0.4) is 0 Å². The van der Waals surface area contributed by atoms with Gasteiger partial charge in [0.05, 0.1) is 16.2 Å². The maximum Gasteiger partial charge on any atom is 0.462 e. The zero-order chi connectivity index (χ0) is 13.6. The van der Waals surface area contributed by atoms with Crippen molar-refractivity contribution in [3.8, 4) is 0 Å². The Balaban J connectivity index is 2.10. The minimum absolute atomic E-state index is 0.205. The molecule has 2 rings (SSSR count). The second-order valence-corrected chi connectivity index (χ2v) is 6.90. The van der Waals surface area contributed by atoms with Crippen LogP contribution in [-0.2, 0) is 15.6 Å². The Hall–Kier alpha value is -0.0251. The summed E-state index contributed by atoms with van der Waals surface area (Å²) in [5.74, 6) is 0. The average Bonchev–Trinajstić information content (AvgIpc) is 2.41. The number of hydrogen-bond donors (Lipinski definition) is 0. The van der Waals surface area contributed by atoms with Crippen LogP contribution in [0, 0.1) is 0 Å². The first-order valence-electron chi connectivity index (χ1n) is 6.01. The molecule has 0 spiro atoms. The summed E-state index contributed by atoms with van der Waals surface area (Å²) in [6.45, 7) is 8.24. The van der Waals surface area contributed by atoms with Gasteiger partial charge in [-0.2, -0.15) is 0 Å². The zero-order valence-corrected chi connectivity index (χ0v) is 13.4. The van der Waals surface area contributed by atoms with Crippen molar-refractivity contribution in [3.05, 3.63) is 33.3 Å². The van der Waals surface area contributed by atoms with Gasteiger partial charge in [-0.15, -0.1) is 0 Å². The van der Waals surface area contributed by atoms with Crippen molar-refractivity contribution in [2.24, 2.45) is 0 Å². The molecule has 1 aliphatic rings. The molecule has 1 aromatic carbocycles. The van der Waals surface area contributed by atoms with E-state index in [4.69, 9.17) is 20.9 Å². The third-order valence-corrected chi connectivity index (χ3v) is 4.90. The van der Waals surface area contributed by atoms with Gasteiger partial charge in [0, 0.05) is 10.8 Å². The smallest absolute Gasteiger partial charge is 0.403 e. The lowest BCUT2D eigenvalue weighted by atomic mass is 9.81. The van der Waals surface area contributed by atoms with Crippen LogP contribution in [0.5, 0.6) is 0 Å². The quantitative estimate of drug-likeness (QED) is 0.753. The van der Waals surface area contributed by atoms with Gasteiger partial charge in [-0.3, -0.25) is 0 Å². The van der Waals surface area contributed by atoms with E-state index in [0.717, 1.165) is 16.4 Å². The van der Waals surface area contributed by atoms with Crippen molar-refractivity contribution in [1.29, 1.82) is 0 Å². The first-order valence-corrected chi connectivity index (χ1v) is 7.18. The van der Waals surface area contributed by atoms with E-state index in [0.29, 0.717) is 5.02 Å². The largest absolute Gasteiger partial charge is 0.462 e. The molecule has 18 heavy (non-hydrogen) atoms. The van der Waals surface area contributed by atoms with Gasteiger partial charge in [0.2, 0.25) is 0 Å². The highest BCUT2D eigenvalue weighted by atomic mass is 79.9. The maximum absolute atomic E-state index is 5.98. The Morgan fingerprint density at radius 3 is 2.22 bits per heavy atom. The summed E-state index contributed by atoms with van der Waals surface area (Å²) < 4.78 is 12.8. The van der Waals surface area contributed by atoms with Crippen molar-refractivity contribution in [3.63, 3.8) is 0 Å². The van der Waals surface area contributed by atoms with Crippen LogP contribution in [0.15, 0.2) is 22.7 Å². The van der Waals surface area contributed by atoms with Gasteiger partial charge >= 0.3 is 7.12 Å². The molecule has 1 heterocycles. The highest BCUT2D eigenvalue weighted by Gasteiger charge is 2.50. The van der Waals surface area contributed by atoms with E-state index >= 15 is 0 Å². The minimum Gasteiger partial charge on any atom is -0.403 e. The first kappa shape index (κ1) is 14.4. The fourth-order valence-electron chi connectivity index (χ4n) is 1.91. The molecular weight excluding hydrogens is 314 g/mol. The number of hydrogen-bond acceptors (Lipinski definition) is 2. The Morgan fingerprint density at radius 1 is 1.17 bits per heavy atom. The van der Waals surface area contributed by atoms with E-state index < -0.39 is 0 Å². The topological polar surface area (TPSA) is 18.5 Å². The SMILES string of the molecule is CC1(C)OB(Cc2ccc(Cl)c(Br)c2)OC1(C)C. The van der Waals surface area contributed by atoms with E-state index in [-0.39, 0.29) is 18.3 Å². The molecule has 0 bridgehead atoms. The monoisotopic (exact) mass is 330 g/mol. The number of halogens is 2. The Labute approximate surface area is 122 Å². The van der Waals surface area contributed by atoms with Gasteiger partial charge in [0.15, 0.2) is 0 Å². The summed E-state index contributed by atoms with van der Waals surface area (Å²) in [4.78, 5) is 0. The van der Waals surface area contributed by atoms with Gasteiger partial charge in [-0.05, 0) is 61.3 Å². The van der Waals surface area contributed by atoms with Gasteiger partial charge in [0.1, 0.15) is 0 Å². The third kappa shape index (κ3) is 2.77. The molecule has 0 N–H and O–H groups in total. The summed E-state index contributed by atoms with van der Waals surface area (Å²) in [6.07, 6.45) is 0.725. The average molecular weight is 331 g/mol. The zero-order valence-electron chi connectivity index (χ0n) is 11.1. The maximum atomic E-state index is 5.98. The van der Waals surface area contributed by atoms with Crippen molar-refractivity contribution in [1.82, 2.24) is 0 Å². The molecule has 0 unspecified atom stereocenters. The fourth-order valence-corrected chi connectivity index (χ4v) is 2.45. The van der Waals surface area contributed by atoms with Crippen LogP contribution < -0.4 is 0 Å². The molecule has 1 saturated heterocycles. The van der Waals surface area contributed by atoms with Gasteiger partial charge in [-0.25, -0.2) is 0 Å². The van der Waals surface area contributed by atoms with Crippen LogP contribution in [0.25, 0.3) is 0 Å². The number of benzene rings is 1. The first-order chi connectivity index (χ1) is 8.21. The van der Waals surface area contributed by atoms with Crippen LogP contribution in [0.1, 0.15) is 33.3 Å². The Bertz CT molecular complexity index is 446. The van der Waals surface area contributed by atoms with Crippen molar-refractivity contribution in [2.75, 3.05) is 0 Å². The van der Waals surface area contributed by atoms with E-state index in [9.17, 15) is 0 Å². The van der Waals surface area contributed by atoms with E-state index in [1.165, 1.54) is 0 Å². The highest BCUT2D eigenvalue weighted by Crippen LogP contribution is 2.37. The summed E-state index contributed by atoms with van der Waals surface area (Å²) in [7, 11) is -0.205. The van der Waals surface area contributed by atoms with E-state index in [1.54, 1.807) is 0 Å². The summed E-state index contributed by atoms with van der Waals surface area (Å²) >= 11 is 9.41. The molecule has 5 heteroatoms. The molecular formula is C13H17BBrClO2.